The van der Waals surface area contributed by atoms with E-state index in [1.54, 1.807) is 0 Å². The molecule has 0 unspecified atom stereocenters. The first kappa shape index (κ1) is 15.6. The monoisotopic (exact) mass is 369 g/mol. The maximum absolute atomic E-state index is 11.9. The van der Waals surface area contributed by atoms with E-state index >= 15 is 0 Å². The summed E-state index contributed by atoms with van der Waals surface area (Å²) in [5.74, 6) is -0.451. The van der Waals surface area contributed by atoms with Crippen molar-refractivity contribution in [3.05, 3.63) is 66.5 Å². The number of pyridine rings is 1. The van der Waals surface area contributed by atoms with Gasteiger partial charge in [-0.05, 0) is 12.5 Å². The molecule has 0 N–H and O–H groups in total. The minimum absolute atomic E-state index is 0. The van der Waals surface area contributed by atoms with Gasteiger partial charge in [0.15, 0.2) is 12.4 Å². The van der Waals surface area contributed by atoms with Gasteiger partial charge in [0.25, 0.3) is 6.73 Å². The fourth-order valence-corrected chi connectivity index (χ4v) is 1.66. The molecule has 0 radical (unpaired) electrons. The summed E-state index contributed by atoms with van der Waals surface area (Å²) >= 11 is 0. The normalized spacial score (nSPS) is 11.2. The zero-order chi connectivity index (χ0) is 12.8. The third-order valence-corrected chi connectivity index (χ3v) is 2.79. The van der Waals surface area contributed by atoms with Gasteiger partial charge >= 0.3 is 5.97 Å². The summed E-state index contributed by atoms with van der Waals surface area (Å²) in [6, 6.07) is 15.4. The third-order valence-electron chi connectivity index (χ3n) is 2.79. The van der Waals surface area contributed by atoms with E-state index in [2.05, 4.69) is 0 Å². The van der Waals surface area contributed by atoms with Gasteiger partial charge in [0.1, 0.15) is 0 Å². The molecule has 0 fully saturated rings. The number of benzene rings is 1. The number of nitrogens with zero attached hydrogens (tertiary/aromatic N) is 1. The SMILES string of the molecule is C[C@@H](C(=O)OC[n+]1ccccc1)c1ccccc1.[I-]. The van der Waals surface area contributed by atoms with E-state index in [-0.39, 0.29) is 42.6 Å². The van der Waals surface area contributed by atoms with Crippen LogP contribution in [0.5, 0.6) is 0 Å². The van der Waals surface area contributed by atoms with Crippen LogP contribution in [0.3, 0.4) is 0 Å². The van der Waals surface area contributed by atoms with E-state index in [0.29, 0.717) is 0 Å². The molecule has 0 aliphatic heterocycles. The minimum Gasteiger partial charge on any atom is -1.00 e. The Balaban J connectivity index is 0.00000180. The van der Waals surface area contributed by atoms with Crippen molar-refractivity contribution in [2.75, 3.05) is 0 Å². The highest BCUT2D eigenvalue weighted by atomic mass is 127. The first-order valence-corrected chi connectivity index (χ1v) is 5.93. The van der Waals surface area contributed by atoms with Crippen molar-refractivity contribution < 1.29 is 38.1 Å². The first-order chi connectivity index (χ1) is 8.77. The highest BCUT2D eigenvalue weighted by Crippen LogP contribution is 2.15. The Morgan fingerprint density at radius 2 is 1.68 bits per heavy atom. The smallest absolute Gasteiger partial charge is 0.317 e. The lowest BCUT2D eigenvalue weighted by atomic mass is 10.0. The molecule has 1 aromatic carbocycles. The molecule has 0 amide bonds. The van der Waals surface area contributed by atoms with Gasteiger partial charge < -0.3 is 28.7 Å². The highest BCUT2D eigenvalue weighted by Gasteiger charge is 2.17. The number of halogens is 1. The van der Waals surface area contributed by atoms with E-state index in [9.17, 15) is 4.79 Å². The molecule has 4 heteroatoms. The van der Waals surface area contributed by atoms with Gasteiger partial charge in [0, 0.05) is 12.1 Å². The topological polar surface area (TPSA) is 30.2 Å². The predicted molar refractivity (Wildman–Crippen MR) is 67.6 cm³/mol. The van der Waals surface area contributed by atoms with Gasteiger partial charge in [0.05, 0.1) is 5.92 Å². The number of ether oxygens (including phenoxy) is 1. The Labute approximate surface area is 130 Å². The van der Waals surface area contributed by atoms with Crippen LogP contribution >= 0.6 is 0 Å². The zero-order valence-corrected chi connectivity index (χ0v) is 12.9. The molecular weight excluding hydrogens is 353 g/mol. The zero-order valence-electron chi connectivity index (χ0n) is 10.7. The first-order valence-electron chi connectivity index (χ1n) is 5.93. The number of aromatic nitrogens is 1. The molecule has 0 spiro atoms. The Bertz CT molecular complexity index is 502. The number of rotatable bonds is 4. The number of carbonyl (C=O) groups is 1. The van der Waals surface area contributed by atoms with Crippen LogP contribution < -0.4 is 28.5 Å². The van der Waals surface area contributed by atoms with Crippen molar-refractivity contribution >= 4 is 5.97 Å². The summed E-state index contributed by atoms with van der Waals surface area (Å²) in [5.41, 5.74) is 0.973. The maximum Gasteiger partial charge on any atom is 0.317 e. The average Bonchev–Trinajstić information content (AvgIpc) is 2.46. The van der Waals surface area contributed by atoms with E-state index in [0.717, 1.165) is 5.56 Å². The van der Waals surface area contributed by atoms with Gasteiger partial charge in [-0.2, -0.15) is 4.57 Å². The van der Waals surface area contributed by atoms with Gasteiger partial charge in [-0.3, -0.25) is 4.79 Å². The van der Waals surface area contributed by atoms with Crippen LogP contribution in [0.2, 0.25) is 0 Å². The Hall–Kier alpha value is -1.43. The van der Waals surface area contributed by atoms with Crippen LogP contribution in [-0.2, 0) is 16.3 Å². The van der Waals surface area contributed by atoms with E-state index < -0.39 is 0 Å². The second-order valence-electron chi connectivity index (χ2n) is 4.11. The van der Waals surface area contributed by atoms with Crippen LogP contribution in [0.25, 0.3) is 0 Å². The van der Waals surface area contributed by atoms with E-state index in [1.807, 2.05) is 72.4 Å². The van der Waals surface area contributed by atoms with Gasteiger partial charge in [-0.25, -0.2) is 0 Å². The Morgan fingerprint density at radius 1 is 1.11 bits per heavy atom. The molecular formula is C15H16INO2. The summed E-state index contributed by atoms with van der Waals surface area (Å²) in [6.07, 6.45) is 3.72. The molecule has 100 valence electrons. The van der Waals surface area contributed by atoms with Crippen LogP contribution in [0, 0.1) is 0 Å². The molecule has 0 saturated carbocycles. The van der Waals surface area contributed by atoms with E-state index in [1.165, 1.54) is 0 Å². The van der Waals surface area contributed by atoms with Crippen molar-refractivity contribution in [1.82, 2.24) is 0 Å². The molecule has 2 rings (SSSR count). The highest BCUT2D eigenvalue weighted by molar-refractivity contribution is 5.77. The minimum atomic E-state index is -0.240. The molecule has 1 heterocycles. The van der Waals surface area contributed by atoms with Crippen molar-refractivity contribution in [3.8, 4) is 0 Å². The molecule has 0 saturated heterocycles. The predicted octanol–water partition coefficient (Wildman–Crippen LogP) is -0.717. The maximum atomic E-state index is 11.9. The summed E-state index contributed by atoms with van der Waals surface area (Å²) in [5, 5.41) is 0. The van der Waals surface area contributed by atoms with Gasteiger partial charge in [0.2, 0.25) is 0 Å². The number of hydrogen-bond donors (Lipinski definition) is 0. The quantitative estimate of drug-likeness (QED) is 0.405. The van der Waals surface area contributed by atoms with Crippen LogP contribution in [0.4, 0.5) is 0 Å². The average molecular weight is 369 g/mol. The van der Waals surface area contributed by atoms with Crippen LogP contribution in [0.15, 0.2) is 60.9 Å². The van der Waals surface area contributed by atoms with Crippen molar-refractivity contribution in [2.45, 2.75) is 19.6 Å². The number of carbonyl (C=O) groups excluding carboxylic acids is 1. The molecule has 2 aromatic rings. The second kappa shape index (κ2) is 7.89. The molecule has 1 atom stereocenters. The molecule has 0 aliphatic carbocycles. The lowest BCUT2D eigenvalue weighted by Gasteiger charge is -2.09. The number of hydrogen-bond acceptors (Lipinski definition) is 2. The van der Waals surface area contributed by atoms with Crippen molar-refractivity contribution in [1.29, 1.82) is 0 Å². The standard InChI is InChI=1S/C15H16NO2.HI/c1-13(14-8-4-2-5-9-14)15(17)18-12-16-10-6-3-7-11-16;/h2-11,13H,12H2,1H3;1H/q+1;/p-1/t13-;/m1./s1. The van der Waals surface area contributed by atoms with E-state index in [4.69, 9.17) is 4.74 Å². The fraction of sp³-hybridized carbons (Fsp3) is 0.200. The summed E-state index contributed by atoms with van der Waals surface area (Å²) < 4.78 is 7.08. The van der Waals surface area contributed by atoms with Gasteiger partial charge in [-0.1, -0.05) is 36.4 Å². The Kier molecular flexibility index (Phi) is 6.49. The fourth-order valence-electron chi connectivity index (χ4n) is 1.66. The molecule has 0 aliphatic rings. The molecule has 3 nitrogen and oxygen atoms in total. The second-order valence-corrected chi connectivity index (χ2v) is 4.11. The molecule has 0 bridgehead atoms. The van der Waals surface area contributed by atoms with Crippen LogP contribution in [-0.4, -0.2) is 5.97 Å². The summed E-state index contributed by atoms with van der Waals surface area (Å²) in [7, 11) is 0. The van der Waals surface area contributed by atoms with Crippen molar-refractivity contribution in [2.24, 2.45) is 0 Å². The number of esters is 1. The molecule has 1 aromatic heterocycles. The Morgan fingerprint density at radius 3 is 2.32 bits per heavy atom. The lowest BCUT2D eigenvalue weighted by Crippen LogP contribution is -3.00. The lowest BCUT2D eigenvalue weighted by molar-refractivity contribution is -0.727. The summed E-state index contributed by atoms with van der Waals surface area (Å²) in [4.78, 5) is 11.9. The molecule has 19 heavy (non-hydrogen) atoms. The summed E-state index contributed by atoms with van der Waals surface area (Å²) in [6.45, 7) is 2.10. The van der Waals surface area contributed by atoms with Gasteiger partial charge in [-0.15, -0.1) is 0 Å². The third kappa shape index (κ3) is 4.63. The largest absolute Gasteiger partial charge is 1.00 e. The van der Waals surface area contributed by atoms with Crippen LogP contribution in [0.1, 0.15) is 18.4 Å². The van der Waals surface area contributed by atoms with Crippen molar-refractivity contribution in [3.63, 3.8) is 0 Å².